The summed E-state index contributed by atoms with van der Waals surface area (Å²) in [5.41, 5.74) is 2.51. The molecule has 114 valence electrons. The van der Waals surface area contributed by atoms with Crippen LogP contribution in [0.3, 0.4) is 0 Å². The lowest BCUT2D eigenvalue weighted by Crippen LogP contribution is -2.39. The molecule has 0 atom stereocenters. The van der Waals surface area contributed by atoms with Crippen molar-refractivity contribution in [2.75, 3.05) is 16.8 Å². The SMILES string of the molecule is CCN(C(=O)C(=O)Nc1cccc(C)n1)c1cccc(C)c1. The van der Waals surface area contributed by atoms with Crippen LogP contribution in [0.15, 0.2) is 42.5 Å². The minimum atomic E-state index is -0.693. The zero-order valence-corrected chi connectivity index (χ0v) is 13.0. The van der Waals surface area contributed by atoms with Crippen LogP contribution < -0.4 is 10.2 Å². The van der Waals surface area contributed by atoms with Crippen molar-refractivity contribution in [2.45, 2.75) is 20.8 Å². The van der Waals surface area contributed by atoms with Gasteiger partial charge in [0.25, 0.3) is 0 Å². The molecule has 0 spiro atoms. The number of pyridine rings is 1. The molecule has 0 fully saturated rings. The lowest BCUT2D eigenvalue weighted by Gasteiger charge is -2.20. The Labute approximate surface area is 130 Å². The summed E-state index contributed by atoms with van der Waals surface area (Å²) in [6, 6.07) is 12.7. The third kappa shape index (κ3) is 3.69. The van der Waals surface area contributed by atoms with Gasteiger partial charge in [0.2, 0.25) is 0 Å². The summed E-state index contributed by atoms with van der Waals surface area (Å²) in [7, 11) is 0. The number of likely N-dealkylation sites (N-methyl/N-ethyl adjacent to an activating group) is 1. The first-order chi connectivity index (χ1) is 10.5. The van der Waals surface area contributed by atoms with Crippen LogP contribution in [0.5, 0.6) is 0 Å². The maximum atomic E-state index is 12.4. The lowest BCUT2D eigenvalue weighted by atomic mass is 10.2. The topological polar surface area (TPSA) is 62.3 Å². The van der Waals surface area contributed by atoms with Crippen molar-refractivity contribution in [3.8, 4) is 0 Å². The zero-order valence-electron chi connectivity index (χ0n) is 13.0. The molecule has 1 N–H and O–H groups in total. The number of aryl methyl sites for hydroxylation is 2. The Hall–Kier alpha value is -2.69. The molecule has 1 heterocycles. The Bertz CT molecular complexity index is 698. The van der Waals surface area contributed by atoms with Gasteiger partial charge in [-0.3, -0.25) is 9.59 Å². The summed E-state index contributed by atoms with van der Waals surface area (Å²) >= 11 is 0. The third-order valence-electron chi connectivity index (χ3n) is 3.20. The number of aromatic nitrogens is 1. The Balaban J connectivity index is 2.16. The first-order valence-electron chi connectivity index (χ1n) is 7.14. The van der Waals surface area contributed by atoms with Gasteiger partial charge in [0.1, 0.15) is 5.82 Å². The molecule has 0 unspecified atom stereocenters. The molecule has 0 aliphatic heterocycles. The summed E-state index contributed by atoms with van der Waals surface area (Å²) < 4.78 is 0. The van der Waals surface area contributed by atoms with Gasteiger partial charge in [0.15, 0.2) is 0 Å². The van der Waals surface area contributed by atoms with Crippen molar-refractivity contribution >= 4 is 23.3 Å². The molecule has 0 aliphatic rings. The van der Waals surface area contributed by atoms with E-state index in [9.17, 15) is 9.59 Å². The number of hydrogen-bond acceptors (Lipinski definition) is 3. The van der Waals surface area contributed by atoms with E-state index in [1.807, 2.05) is 51.1 Å². The van der Waals surface area contributed by atoms with Gasteiger partial charge in [-0.05, 0) is 50.6 Å². The van der Waals surface area contributed by atoms with Gasteiger partial charge in [-0.25, -0.2) is 4.98 Å². The van der Waals surface area contributed by atoms with Gasteiger partial charge in [0, 0.05) is 17.9 Å². The van der Waals surface area contributed by atoms with E-state index in [1.165, 1.54) is 4.90 Å². The zero-order chi connectivity index (χ0) is 16.1. The van der Waals surface area contributed by atoms with Gasteiger partial charge >= 0.3 is 11.8 Å². The van der Waals surface area contributed by atoms with Gasteiger partial charge in [-0.15, -0.1) is 0 Å². The first-order valence-corrected chi connectivity index (χ1v) is 7.14. The van der Waals surface area contributed by atoms with E-state index < -0.39 is 11.8 Å². The first kappa shape index (κ1) is 15.7. The smallest absolute Gasteiger partial charge is 0.304 e. The van der Waals surface area contributed by atoms with Crippen LogP contribution >= 0.6 is 0 Å². The second-order valence-corrected chi connectivity index (χ2v) is 5.01. The molecule has 1 aromatic heterocycles. The number of rotatable bonds is 3. The van der Waals surface area contributed by atoms with E-state index in [-0.39, 0.29) is 0 Å². The standard InChI is InChI=1S/C17H19N3O2/c1-4-20(14-9-5-7-12(2)11-14)17(22)16(21)19-15-10-6-8-13(3)18-15/h5-11H,4H2,1-3H3,(H,18,19,21). The number of nitrogens with one attached hydrogen (secondary N) is 1. The minimum absolute atomic E-state index is 0.374. The van der Waals surface area contributed by atoms with Crippen LogP contribution in [0.4, 0.5) is 11.5 Å². The predicted octanol–water partition coefficient (Wildman–Crippen LogP) is 2.69. The molecule has 5 heteroatoms. The van der Waals surface area contributed by atoms with Crippen LogP contribution in [0.2, 0.25) is 0 Å². The fraction of sp³-hybridized carbons (Fsp3) is 0.235. The van der Waals surface area contributed by atoms with Crippen LogP contribution in [-0.2, 0) is 9.59 Å². The Morgan fingerprint density at radius 1 is 1.14 bits per heavy atom. The summed E-state index contributed by atoms with van der Waals surface area (Å²) in [4.78, 5) is 30.1. The summed E-state index contributed by atoms with van der Waals surface area (Å²) in [5.74, 6) is -0.920. The molecule has 5 nitrogen and oxygen atoms in total. The molecule has 2 rings (SSSR count). The number of anilines is 2. The Morgan fingerprint density at radius 3 is 2.50 bits per heavy atom. The second-order valence-electron chi connectivity index (χ2n) is 5.01. The van der Waals surface area contributed by atoms with E-state index in [4.69, 9.17) is 0 Å². The highest BCUT2D eigenvalue weighted by Crippen LogP contribution is 2.16. The van der Waals surface area contributed by atoms with Crippen LogP contribution in [0.1, 0.15) is 18.2 Å². The van der Waals surface area contributed by atoms with E-state index in [0.29, 0.717) is 18.1 Å². The third-order valence-corrected chi connectivity index (χ3v) is 3.20. The minimum Gasteiger partial charge on any atom is -0.304 e. The van der Waals surface area contributed by atoms with E-state index in [2.05, 4.69) is 10.3 Å². The van der Waals surface area contributed by atoms with Gasteiger partial charge in [0.05, 0.1) is 0 Å². The molecule has 22 heavy (non-hydrogen) atoms. The molecule has 2 amide bonds. The Kier molecular flexibility index (Phi) is 4.88. The molecule has 0 saturated carbocycles. The molecule has 0 bridgehead atoms. The summed E-state index contributed by atoms with van der Waals surface area (Å²) in [5, 5.41) is 2.54. The summed E-state index contributed by atoms with van der Waals surface area (Å²) in [6.07, 6.45) is 0. The predicted molar refractivity (Wildman–Crippen MR) is 86.8 cm³/mol. The number of nitrogens with zero attached hydrogens (tertiary/aromatic N) is 2. The fourth-order valence-corrected chi connectivity index (χ4v) is 2.14. The van der Waals surface area contributed by atoms with Crippen molar-refractivity contribution in [1.82, 2.24) is 4.98 Å². The molecular weight excluding hydrogens is 278 g/mol. The van der Waals surface area contributed by atoms with Gasteiger partial charge in [-0.1, -0.05) is 18.2 Å². The molecule has 0 aliphatic carbocycles. The fourth-order valence-electron chi connectivity index (χ4n) is 2.14. The van der Waals surface area contributed by atoms with Crippen molar-refractivity contribution < 1.29 is 9.59 Å². The maximum absolute atomic E-state index is 12.4. The highest BCUT2D eigenvalue weighted by atomic mass is 16.2. The average molecular weight is 297 g/mol. The highest BCUT2D eigenvalue weighted by Gasteiger charge is 2.22. The normalized spacial score (nSPS) is 10.1. The Morgan fingerprint density at radius 2 is 1.86 bits per heavy atom. The number of hydrogen-bond donors (Lipinski definition) is 1. The molecule has 0 saturated heterocycles. The van der Waals surface area contributed by atoms with Crippen LogP contribution in [0.25, 0.3) is 0 Å². The summed E-state index contributed by atoms with van der Waals surface area (Å²) in [6.45, 7) is 6.01. The average Bonchev–Trinajstić information content (AvgIpc) is 2.48. The number of carbonyl (C=O) groups is 2. The molecule has 0 radical (unpaired) electrons. The van der Waals surface area contributed by atoms with Crippen LogP contribution in [0, 0.1) is 13.8 Å². The highest BCUT2D eigenvalue weighted by molar-refractivity contribution is 6.44. The van der Waals surface area contributed by atoms with E-state index in [1.54, 1.807) is 12.1 Å². The number of benzene rings is 1. The van der Waals surface area contributed by atoms with Crippen molar-refractivity contribution in [3.05, 3.63) is 53.7 Å². The second kappa shape index (κ2) is 6.85. The quantitative estimate of drug-likeness (QED) is 0.886. The van der Waals surface area contributed by atoms with Crippen molar-refractivity contribution in [2.24, 2.45) is 0 Å². The largest absolute Gasteiger partial charge is 0.316 e. The lowest BCUT2D eigenvalue weighted by molar-refractivity contribution is -0.134. The molecular formula is C17H19N3O2. The molecule has 2 aromatic rings. The molecule has 1 aromatic carbocycles. The monoisotopic (exact) mass is 297 g/mol. The van der Waals surface area contributed by atoms with Gasteiger partial charge < -0.3 is 10.2 Å². The number of carbonyl (C=O) groups excluding carboxylic acids is 2. The number of amides is 2. The van der Waals surface area contributed by atoms with E-state index >= 15 is 0 Å². The van der Waals surface area contributed by atoms with E-state index in [0.717, 1.165) is 11.3 Å². The van der Waals surface area contributed by atoms with Crippen molar-refractivity contribution in [3.63, 3.8) is 0 Å². The van der Waals surface area contributed by atoms with Crippen molar-refractivity contribution in [1.29, 1.82) is 0 Å². The van der Waals surface area contributed by atoms with Crippen LogP contribution in [-0.4, -0.2) is 23.3 Å². The van der Waals surface area contributed by atoms with Gasteiger partial charge in [-0.2, -0.15) is 0 Å². The maximum Gasteiger partial charge on any atom is 0.316 e.